The number of benzene rings is 2. The van der Waals surface area contributed by atoms with E-state index in [0.29, 0.717) is 27.8 Å². The average molecular weight is 349 g/mol. The fourth-order valence-electron chi connectivity index (χ4n) is 2.18. The fraction of sp³-hybridized carbons (Fsp3) is 0. The lowest BCUT2D eigenvalue weighted by atomic mass is 10.2. The third-order valence-corrected chi connectivity index (χ3v) is 3.69. The highest BCUT2D eigenvalue weighted by atomic mass is 35.5. The molecule has 5 heteroatoms. The largest absolute Gasteiger partial charge is 0.457 e. The van der Waals surface area contributed by atoms with Crippen molar-refractivity contribution in [1.82, 2.24) is 0 Å². The van der Waals surface area contributed by atoms with Crippen LogP contribution in [0, 0.1) is 11.3 Å². The lowest BCUT2D eigenvalue weighted by molar-refractivity contribution is -0.111. The molecule has 2 aromatic carbocycles. The molecule has 1 amide bonds. The predicted molar refractivity (Wildman–Crippen MR) is 98.0 cm³/mol. The van der Waals surface area contributed by atoms with Crippen molar-refractivity contribution in [3.05, 3.63) is 83.1 Å². The number of anilines is 1. The molecule has 3 rings (SSSR count). The van der Waals surface area contributed by atoms with Crippen LogP contribution in [0.1, 0.15) is 11.3 Å². The maximum Gasteiger partial charge on any atom is 0.248 e. The van der Waals surface area contributed by atoms with Gasteiger partial charge in [-0.1, -0.05) is 11.6 Å². The Bertz CT molecular complexity index is 949. The van der Waals surface area contributed by atoms with Crippen LogP contribution in [-0.4, -0.2) is 5.91 Å². The van der Waals surface area contributed by atoms with Gasteiger partial charge in [-0.3, -0.25) is 4.79 Å². The lowest BCUT2D eigenvalue weighted by Crippen LogP contribution is -2.07. The van der Waals surface area contributed by atoms with E-state index in [1.54, 1.807) is 48.5 Å². The van der Waals surface area contributed by atoms with Gasteiger partial charge >= 0.3 is 0 Å². The van der Waals surface area contributed by atoms with E-state index in [1.807, 2.05) is 24.3 Å². The minimum Gasteiger partial charge on any atom is -0.457 e. The Morgan fingerprint density at radius 1 is 1.04 bits per heavy atom. The number of nitrogens with zero attached hydrogens (tertiary/aromatic N) is 1. The van der Waals surface area contributed by atoms with Gasteiger partial charge in [0.1, 0.15) is 11.5 Å². The van der Waals surface area contributed by atoms with Gasteiger partial charge in [0.2, 0.25) is 5.91 Å². The number of hydrogen-bond acceptors (Lipinski definition) is 3. The SMILES string of the molecule is N#Cc1ccc(NC(=O)/C=C/c2ccc(-c3ccc(Cl)cc3)o2)cc1. The summed E-state index contributed by atoms with van der Waals surface area (Å²) in [6.45, 7) is 0. The summed E-state index contributed by atoms with van der Waals surface area (Å²) in [5, 5.41) is 12.1. The Morgan fingerprint density at radius 2 is 1.76 bits per heavy atom. The summed E-state index contributed by atoms with van der Waals surface area (Å²) >= 11 is 5.87. The van der Waals surface area contributed by atoms with Crippen molar-refractivity contribution >= 4 is 29.3 Å². The van der Waals surface area contributed by atoms with Gasteiger partial charge in [-0.15, -0.1) is 0 Å². The van der Waals surface area contributed by atoms with E-state index in [0.717, 1.165) is 5.56 Å². The number of furan rings is 1. The highest BCUT2D eigenvalue weighted by Crippen LogP contribution is 2.24. The van der Waals surface area contributed by atoms with Gasteiger partial charge in [0.05, 0.1) is 11.6 Å². The summed E-state index contributed by atoms with van der Waals surface area (Å²) in [5.74, 6) is 0.984. The third-order valence-electron chi connectivity index (χ3n) is 3.44. The van der Waals surface area contributed by atoms with Crippen molar-refractivity contribution in [2.45, 2.75) is 0 Å². The molecule has 0 unspecified atom stereocenters. The van der Waals surface area contributed by atoms with Gasteiger partial charge in [-0.2, -0.15) is 5.26 Å². The molecule has 0 spiro atoms. The standard InChI is InChI=1S/C20H13ClN2O2/c21-16-5-3-15(4-6-16)19-11-9-18(25-19)10-12-20(24)23-17-7-1-14(13-22)2-8-17/h1-12H,(H,23,24)/b12-10+. The lowest BCUT2D eigenvalue weighted by Gasteiger charge is -2.01. The number of nitrogens with one attached hydrogen (secondary N) is 1. The van der Waals surface area contributed by atoms with Crippen molar-refractivity contribution in [3.8, 4) is 17.4 Å². The molecular formula is C20H13ClN2O2. The second-order valence-electron chi connectivity index (χ2n) is 5.22. The maximum absolute atomic E-state index is 11.9. The van der Waals surface area contributed by atoms with Crippen LogP contribution >= 0.6 is 11.6 Å². The van der Waals surface area contributed by atoms with Gasteiger partial charge < -0.3 is 9.73 Å². The second-order valence-corrected chi connectivity index (χ2v) is 5.66. The molecule has 0 saturated carbocycles. The van der Waals surface area contributed by atoms with E-state index in [4.69, 9.17) is 21.3 Å². The normalized spacial score (nSPS) is 10.6. The zero-order valence-corrected chi connectivity index (χ0v) is 13.8. The number of nitriles is 1. The Kier molecular flexibility index (Phi) is 4.98. The molecule has 0 aliphatic carbocycles. The smallest absolute Gasteiger partial charge is 0.248 e. The summed E-state index contributed by atoms with van der Waals surface area (Å²) in [4.78, 5) is 11.9. The minimum absolute atomic E-state index is 0.283. The van der Waals surface area contributed by atoms with Crippen LogP contribution in [0.2, 0.25) is 5.02 Å². The molecule has 0 fully saturated rings. The summed E-state index contributed by atoms with van der Waals surface area (Å²) in [7, 11) is 0. The van der Waals surface area contributed by atoms with Gasteiger partial charge in [0.15, 0.2) is 0 Å². The molecule has 0 aliphatic rings. The highest BCUT2D eigenvalue weighted by molar-refractivity contribution is 6.30. The number of amides is 1. The van der Waals surface area contributed by atoms with Crippen LogP contribution in [0.4, 0.5) is 5.69 Å². The Balaban J connectivity index is 1.64. The summed E-state index contributed by atoms with van der Waals surface area (Å²) in [5.41, 5.74) is 2.07. The van der Waals surface area contributed by atoms with E-state index in [9.17, 15) is 4.79 Å². The Labute approximate surface area is 150 Å². The Morgan fingerprint density at radius 3 is 2.44 bits per heavy atom. The Hall–Kier alpha value is -3.29. The zero-order chi connectivity index (χ0) is 17.6. The second kappa shape index (κ2) is 7.52. The molecule has 1 heterocycles. The van der Waals surface area contributed by atoms with E-state index in [-0.39, 0.29) is 5.91 Å². The van der Waals surface area contributed by atoms with E-state index in [1.165, 1.54) is 6.08 Å². The van der Waals surface area contributed by atoms with Gasteiger partial charge in [-0.25, -0.2) is 0 Å². The first-order valence-corrected chi connectivity index (χ1v) is 7.87. The first-order chi connectivity index (χ1) is 12.1. The minimum atomic E-state index is -0.283. The molecule has 25 heavy (non-hydrogen) atoms. The molecule has 1 N–H and O–H groups in total. The molecule has 0 saturated heterocycles. The summed E-state index contributed by atoms with van der Waals surface area (Å²) < 4.78 is 5.69. The monoisotopic (exact) mass is 348 g/mol. The molecule has 1 aromatic heterocycles. The quantitative estimate of drug-likeness (QED) is 0.665. The molecule has 122 valence electrons. The van der Waals surface area contributed by atoms with Crippen LogP contribution < -0.4 is 5.32 Å². The third kappa shape index (κ3) is 4.37. The molecular weight excluding hydrogens is 336 g/mol. The predicted octanol–water partition coefficient (Wildman–Crippen LogP) is 5.12. The van der Waals surface area contributed by atoms with Crippen LogP contribution in [0.15, 0.2) is 71.2 Å². The number of hydrogen-bond donors (Lipinski definition) is 1. The number of halogens is 1. The summed E-state index contributed by atoms with van der Waals surface area (Å²) in [6.07, 6.45) is 2.99. The van der Waals surface area contributed by atoms with E-state index >= 15 is 0 Å². The molecule has 3 aromatic rings. The van der Waals surface area contributed by atoms with Crippen LogP contribution in [-0.2, 0) is 4.79 Å². The molecule has 4 nitrogen and oxygen atoms in total. The number of rotatable bonds is 4. The van der Waals surface area contributed by atoms with Crippen LogP contribution in [0.5, 0.6) is 0 Å². The number of carbonyl (C=O) groups excluding carboxylic acids is 1. The van der Waals surface area contributed by atoms with E-state index in [2.05, 4.69) is 5.32 Å². The van der Waals surface area contributed by atoms with Gasteiger partial charge in [0, 0.05) is 22.3 Å². The van der Waals surface area contributed by atoms with Crippen LogP contribution in [0.25, 0.3) is 17.4 Å². The van der Waals surface area contributed by atoms with Crippen LogP contribution in [0.3, 0.4) is 0 Å². The highest BCUT2D eigenvalue weighted by Gasteiger charge is 2.04. The molecule has 0 atom stereocenters. The molecule has 0 radical (unpaired) electrons. The van der Waals surface area contributed by atoms with Crippen molar-refractivity contribution in [2.75, 3.05) is 5.32 Å². The first-order valence-electron chi connectivity index (χ1n) is 7.49. The number of carbonyl (C=O) groups is 1. The van der Waals surface area contributed by atoms with Crippen molar-refractivity contribution in [1.29, 1.82) is 5.26 Å². The van der Waals surface area contributed by atoms with Crippen molar-refractivity contribution < 1.29 is 9.21 Å². The van der Waals surface area contributed by atoms with E-state index < -0.39 is 0 Å². The van der Waals surface area contributed by atoms with Crippen molar-refractivity contribution in [3.63, 3.8) is 0 Å². The topological polar surface area (TPSA) is 66.0 Å². The van der Waals surface area contributed by atoms with Crippen molar-refractivity contribution in [2.24, 2.45) is 0 Å². The average Bonchev–Trinajstić information content (AvgIpc) is 3.10. The maximum atomic E-state index is 11.9. The molecule has 0 aliphatic heterocycles. The van der Waals surface area contributed by atoms with Gasteiger partial charge in [-0.05, 0) is 66.7 Å². The zero-order valence-electron chi connectivity index (χ0n) is 13.1. The fourth-order valence-corrected chi connectivity index (χ4v) is 2.31. The first kappa shape index (κ1) is 16.6. The molecule has 0 bridgehead atoms. The van der Waals surface area contributed by atoms with Gasteiger partial charge in [0.25, 0.3) is 0 Å². The summed E-state index contributed by atoms with van der Waals surface area (Å²) in [6, 6.07) is 19.6.